The molecular formula is C17H21ClN2O5. The van der Waals surface area contributed by atoms with Crippen molar-refractivity contribution in [2.75, 3.05) is 19.0 Å². The number of halogens is 1. The van der Waals surface area contributed by atoms with Gasteiger partial charge in [0.1, 0.15) is 5.60 Å². The van der Waals surface area contributed by atoms with Crippen molar-refractivity contribution in [1.29, 1.82) is 0 Å². The van der Waals surface area contributed by atoms with E-state index in [1.54, 1.807) is 46.0 Å². The Labute approximate surface area is 151 Å². The van der Waals surface area contributed by atoms with Crippen molar-refractivity contribution >= 4 is 35.3 Å². The summed E-state index contributed by atoms with van der Waals surface area (Å²) in [6.45, 7) is 4.85. The number of amides is 2. The van der Waals surface area contributed by atoms with E-state index < -0.39 is 17.8 Å². The second-order valence-corrected chi connectivity index (χ2v) is 6.82. The van der Waals surface area contributed by atoms with Gasteiger partial charge in [0.05, 0.1) is 10.7 Å². The molecule has 0 aliphatic rings. The van der Waals surface area contributed by atoms with Gasteiger partial charge < -0.3 is 14.7 Å². The van der Waals surface area contributed by atoms with E-state index in [0.29, 0.717) is 4.90 Å². The Balaban J connectivity index is 3.17. The van der Waals surface area contributed by atoms with Crippen LogP contribution < -0.4 is 4.90 Å². The zero-order chi connectivity index (χ0) is 19.4. The summed E-state index contributed by atoms with van der Waals surface area (Å²) in [5.74, 6) is -0.304. The summed E-state index contributed by atoms with van der Waals surface area (Å²) in [5.41, 5.74) is -0.692. The summed E-state index contributed by atoms with van der Waals surface area (Å²) in [4.78, 5) is 37.7. The Kier molecular flexibility index (Phi) is 6.58. The predicted molar refractivity (Wildman–Crippen MR) is 95.3 cm³/mol. The van der Waals surface area contributed by atoms with Crippen LogP contribution in [0.4, 0.5) is 15.3 Å². The van der Waals surface area contributed by atoms with Crippen molar-refractivity contribution in [1.82, 2.24) is 4.90 Å². The van der Waals surface area contributed by atoms with Gasteiger partial charge in [0.25, 0.3) is 0 Å². The van der Waals surface area contributed by atoms with E-state index in [9.17, 15) is 19.5 Å². The smallest absolute Gasteiger partial charge is 0.424 e. The molecule has 0 radical (unpaired) electrons. The van der Waals surface area contributed by atoms with Gasteiger partial charge in [-0.05, 0) is 39.0 Å². The van der Waals surface area contributed by atoms with Crippen LogP contribution in [-0.4, -0.2) is 47.7 Å². The maximum Gasteiger partial charge on any atom is 0.424 e. The van der Waals surface area contributed by atoms with Crippen LogP contribution in [0.1, 0.15) is 31.1 Å². The lowest BCUT2D eigenvalue weighted by Gasteiger charge is -2.25. The van der Waals surface area contributed by atoms with Crippen LogP contribution in [0.25, 0.3) is 0 Å². The highest BCUT2D eigenvalue weighted by Gasteiger charge is 2.30. The van der Waals surface area contributed by atoms with Gasteiger partial charge in [-0.3, -0.25) is 4.79 Å². The maximum atomic E-state index is 12.1. The fraction of sp³-hybridized carbons (Fsp3) is 0.353. The molecule has 0 aliphatic heterocycles. The van der Waals surface area contributed by atoms with Crippen molar-refractivity contribution in [2.24, 2.45) is 0 Å². The highest BCUT2D eigenvalue weighted by Crippen LogP contribution is 2.29. The lowest BCUT2D eigenvalue weighted by molar-refractivity contribution is 0.0582. The van der Waals surface area contributed by atoms with Crippen molar-refractivity contribution in [3.63, 3.8) is 0 Å². The minimum absolute atomic E-state index is 0.0580. The van der Waals surface area contributed by atoms with Gasteiger partial charge in [0.2, 0.25) is 0 Å². The first-order valence-corrected chi connectivity index (χ1v) is 7.74. The topological polar surface area (TPSA) is 87.2 Å². The van der Waals surface area contributed by atoms with Gasteiger partial charge in [-0.25, -0.2) is 9.59 Å². The molecule has 136 valence electrons. The molecule has 8 heteroatoms. The van der Waals surface area contributed by atoms with Crippen molar-refractivity contribution in [2.45, 2.75) is 26.4 Å². The van der Waals surface area contributed by atoms with E-state index in [1.165, 1.54) is 24.3 Å². The zero-order valence-electron chi connectivity index (χ0n) is 14.7. The van der Waals surface area contributed by atoms with E-state index in [1.807, 2.05) is 0 Å². The number of anilines is 1. The van der Waals surface area contributed by atoms with Crippen molar-refractivity contribution in [3.8, 4) is 0 Å². The molecule has 0 atom stereocenters. The Bertz CT molecular complexity index is 707. The summed E-state index contributed by atoms with van der Waals surface area (Å²) >= 11 is 6.09. The quantitative estimate of drug-likeness (QED) is 0.638. The molecule has 0 unspecified atom stereocenters. The molecule has 2 amide bonds. The molecule has 0 saturated heterocycles. The van der Waals surface area contributed by atoms with Crippen molar-refractivity contribution < 1.29 is 24.2 Å². The van der Waals surface area contributed by atoms with Gasteiger partial charge in [-0.15, -0.1) is 0 Å². The molecule has 0 spiro atoms. The van der Waals surface area contributed by atoms with E-state index in [0.717, 1.165) is 0 Å². The third kappa shape index (κ3) is 6.11. The third-order valence-corrected chi connectivity index (χ3v) is 3.07. The largest absolute Gasteiger partial charge is 0.464 e. The molecule has 1 rings (SSSR count). The standard InChI is InChI=1S/C17H21ClN2O5/c1-17(2,3)25-16(24)20(15(22)23)13-7-6-11(10-12(13)18)14(21)8-9-19(4)5/h6-10H,1-5H3,(H,22,23). The number of carbonyl (C=O) groups excluding carboxylic acids is 2. The average Bonchev–Trinajstić information content (AvgIpc) is 2.44. The van der Waals surface area contributed by atoms with Crippen LogP contribution in [0.15, 0.2) is 30.5 Å². The number of imide groups is 1. The summed E-state index contributed by atoms with van der Waals surface area (Å²) in [5, 5.41) is 9.27. The number of benzene rings is 1. The van der Waals surface area contributed by atoms with Crippen molar-refractivity contribution in [3.05, 3.63) is 41.1 Å². The molecular weight excluding hydrogens is 348 g/mol. The first-order valence-electron chi connectivity index (χ1n) is 7.37. The minimum Gasteiger partial charge on any atom is -0.464 e. The molecule has 0 saturated carbocycles. The summed E-state index contributed by atoms with van der Waals surface area (Å²) in [6.07, 6.45) is 0.318. The highest BCUT2D eigenvalue weighted by molar-refractivity contribution is 6.35. The fourth-order valence-electron chi connectivity index (χ4n) is 1.74. The van der Waals surface area contributed by atoms with E-state index in [-0.39, 0.29) is 22.1 Å². The Morgan fingerprint density at radius 1 is 1.20 bits per heavy atom. The first kappa shape index (κ1) is 20.5. The Hall–Kier alpha value is -2.54. The molecule has 0 bridgehead atoms. The Morgan fingerprint density at radius 2 is 1.80 bits per heavy atom. The van der Waals surface area contributed by atoms with Gasteiger partial charge in [0, 0.05) is 31.9 Å². The number of hydrogen-bond donors (Lipinski definition) is 1. The summed E-state index contributed by atoms with van der Waals surface area (Å²) in [7, 11) is 3.54. The summed E-state index contributed by atoms with van der Waals surface area (Å²) < 4.78 is 5.08. The van der Waals surface area contributed by atoms with Gasteiger partial charge >= 0.3 is 12.2 Å². The number of ether oxygens (including phenoxy) is 1. The van der Waals surface area contributed by atoms with Crippen LogP contribution in [0, 0.1) is 0 Å². The highest BCUT2D eigenvalue weighted by atomic mass is 35.5. The number of allylic oxidation sites excluding steroid dienone is 1. The number of carboxylic acid groups (broad SMARTS) is 1. The number of carbonyl (C=O) groups is 3. The van der Waals surface area contributed by atoms with Gasteiger partial charge in [0.15, 0.2) is 5.78 Å². The number of nitrogens with zero attached hydrogens (tertiary/aromatic N) is 2. The number of hydrogen-bond acceptors (Lipinski definition) is 5. The van der Waals surface area contributed by atoms with E-state index in [4.69, 9.17) is 16.3 Å². The zero-order valence-corrected chi connectivity index (χ0v) is 15.5. The van der Waals surface area contributed by atoms with Crippen LogP contribution in [0.3, 0.4) is 0 Å². The van der Waals surface area contributed by atoms with Crippen LogP contribution >= 0.6 is 11.6 Å². The molecule has 7 nitrogen and oxygen atoms in total. The van der Waals surface area contributed by atoms with Crippen LogP contribution in [0.5, 0.6) is 0 Å². The molecule has 1 N–H and O–H groups in total. The normalized spacial score (nSPS) is 11.3. The monoisotopic (exact) mass is 368 g/mol. The Morgan fingerprint density at radius 3 is 2.24 bits per heavy atom. The lowest BCUT2D eigenvalue weighted by Crippen LogP contribution is -2.40. The SMILES string of the molecule is CN(C)C=CC(=O)c1ccc(N(C(=O)O)C(=O)OC(C)(C)C)c(Cl)c1. The molecule has 0 fully saturated rings. The van der Waals surface area contributed by atoms with E-state index >= 15 is 0 Å². The number of rotatable bonds is 4. The third-order valence-electron chi connectivity index (χ3n) is 2.76. The van der Waals surface area contributed by atoms with Gasteiger partial charge in [-0.1, -0.05) is 11.6 Å². The van der Waals surface area contributed by atoms with Crippen LogP contribution in [0.2, 0.25) is 5.02 Å². The predicted octanol–water partition coefficient (Wildman–Crippen LogP) is 4.02. The fourth-order valence-corrected chi connectivity index (χ4v) is 2.01. The first-order chi connectivity index (χ1) is 11.4. The second-order valence-electron chi connectivity index (χ2n) is 6.41. The van der Waals surface area contributed by atoms with Gasteiger partial charge in [-0.2, -0.15) is 4.90 Å². The average molecular weight is 369 g/mol. The maximum absolute atomic E-state index is 12.1. The number of ketones is 1. The molecule has 1 aromatic carbocycles. The minimum atomic E-state index is -1.54. The van der Waals surface area contributed by atoms with E-state index in [2.05, 4.69) is 0 Å². The molecule has 0 aromatic heterocycles. The lowest BCUT2D eigenvalue weighted by atomic mass is 10.1. The molecule has 25 heavy (non-hydrogen) atoms. The molecule has 0 heterocycles. The second kappa shape index (κ2) is 8.02. The molecule has 0 aliphatic carbocycles. The molecule has 1 aromatic rings. The van der Waals surface area contributed by atoms with Crippen LogP contribution in [-0.2, 0) is 4.74 Å². The summed E-state index contributed by atoms with van der Waals surface area (Å²) in [6, 6.07) is 3.99.